The molecular weight excluding hydrogens is 476 g/mol. The van der Waals surface area contributed by atoms with Gasteiger partial charge >= 0.3 is 0 Å². The zero-order chi connectivity index (χ0) is 28.3. The minimum Gasteiger partial charge on any atom is -0.388 e. The van der Waals surface area contributed by atoms with Crippen LogP contribution in [0.2, 0.25) is 0 Å². The zero-order valence-electron chi connectivity index (χ0n) is 22.8. The fourth-order valence-corrected chi connectivity index (χ4v) is 5.23. The van der Waals surface area contributed by atoms with Crippen LogP contribution in [-0.2, 0) is 9.59 Å². The third kappa shape index (κ3) is 7.68. The van der Waals surface area contributed by atoms with Crippen LogP contribution in [0, 0.1) is 56.2 Å². The number of carbonyl (C=O) groups is 2. The smallest absolute Gasteiger partial charge is 0.152 e. The molecule has 0 saturated carbocycles. The van der Waals surface area contributed by atoms with Gasteiger partial charge in [0.25, 0.3) is 0 Å². The number of hydrogen-bond acceptors (Lipinski definition) is 8. The molecule has 0 aliphatic heterocycles. The van der Waals surface area contributed by atoms with Gasteiger partial charge in [-0.1, -0.05) is 40.5 Å². The van der Waals surface area contributed by atoms with Crippen molar-refractivity contribution in [2.24, 2.45) is 10.8 Å². The summed E-state index contributed by atoms with van der Waals surface area (Å²) < 4.78 is 0. The summed E-state index contributed by atoms with van der Waals surface area (Å²) in [5.41, 5.74) is 3.20. The highest BCUT2D eigenvalue weighted by Crippen LogP contribution is 2.42. The van der Waals surface area contributed by atoms with Crippen molar-refractivity contribution in [1.82, 2.24) is 10.6 Å². The molecule has 0 amide bonds. The lowest BCUT2D eigenvalue weighted by Crippen LogP contribution is -2.29. The molecule has 0 bridgehead atoms. The molecule has 0 saturated heterocycles. The third-order valence-corrected chi connectivity index (χ3v) is 6.99. The summed E-state index contributed by atoms with van der Waals surface area (Å²) in [6.45, 7) is 9.63. The number of nitrogens with zero attached hydrogens (tertiary/aromatic N) is 4. The number of nitriles is 4. The van der Waals surface area contributed by atoms with E-state index in [0.717, 1.165) is 49.6 Å². The van der Waals surface area contributed by atoms with Crippen LogP contribution in [0.25, 0.3) is 0 Å². The number of carbonyl (C=O) groups excluding carboxylic acids is 2. The van der Waals surface area contributed by atoms with Crippen LogP contribution in [0.4, 0.5) is 0 Å². The predicted molar refractivity (Wildman–Crippen MR) is 143 cm³/mol. The molecule has 198 valence electrons. The normalized spacial score (nSPS) is 17.9. The van der Waals surface area contributed by atoms with E-state index in [1.807, 2.05) is 24.3 Å². The van der Waals surface area contributed by atoms with Gasteiger partial charge in [-0.15, -0.1) is 0 Å². The number of allylic oxidation sites excluding steroid dienone is 8. The van der Waals surface area contributed by atoms with Gasteiger partial charge in [-0.05, 0) is 60.5 Å². The summed E-state index contributed by atoms with van der Waals surface area (Å²) in [6.07, 6.45) is 7.62. The second-order valence-electron chi connectivity index (χ2n) is 11.5. The van der Waals surface area contributed by atoms with Crippen molar-refractivity contribution in [2.75, 3.05) is 13.1 Å². The number of aldehydes is 2. The minimum absolute atomic E-state index is 0.0000347. The van der Waals surface area contributed by atoms with Gasteiger partial charge in [0, 0.05) is 35.6 Å². The first-order chi connectivity index (χ1) is 18.1. The molecule has 0 unspecified atom stereocenters. The molecule has 0 aromatic heterocycles. The number of hydrogen-bond donors (Lipinski definition) is 2. The van der Waals surface area contributed by atoms with E-state index in [-0.39, 0.29) is 22.0 Å². The van der Waals surface area contributed by atoms with Crippen molar-refractivity contribution in [2.45, 2.75) is 79.1 Å². The molecule has 0 aromatic carbocycles. The van der Waals surface area contributed by atoms with Crippen LogP contribution in [0.15, 0.2) is 44.8 Å². The molecule has 8 nitrogen and oxygen atoms in total. The Labute approximate surface area is 226 Å². The second-order valence-corrected chi connectivity index (χ2v) is 11.5. The van der Waals surface area contributed by atoms with Crippen molar-refractivity contribution < 1.29 is 9.59 Å². The van der Waals surface area contributed by atoms with E-state index in [4.69, 9.17) is 0 Å². The van der Waals surface area contributed by atoms with E-state index in [1.165, 1.54) is 0 Å². The van der Waals surface area contributed by atoms with E-state index in [9.17, 15) is 30.6 Å². The molecule has 0 radical (unpaired) electrons. The highest BCUT2D eigenvalue weighted by atomic mass is 16.1. The lowest BCUT2D eigenvalue weighted by Gasteiger charge is -2.34. The maximum atomic E-state index is 11.8. The van der Waals surface area contributed by atoms with Crippen molar-refractivity contribution >= 4 is 12.6 Å². The molecule has 0 heterocycles. The standard InChI is InChI=1S/C30H36N6O2/c1-29(2)11-23(21(15-31)16-32)25(19-37)27(13-29)35-9-7-5-6-8-10-36-28-14-30(3,4)12-24(26(28)20-38)22(17-33)18-34/h19-20,35-36H,5-14H2,1-4H3. The molecule has 0 aromatic rings. The van der Waals surface area contributed by atoms with Gasteiger partial charge in [0.2, 0.25) is 0 Å². The summed E-state index contributed by atoms with van der Waals surface area (Å²) >= 11 is 0. The summed E-state index contributed by atoms with van der Waals surface area (Å²) in [7, 11) is 0. The molecule has 38 heavy (non-hydrogen) atoms. The summed E-state index contributed by atoms with van der Waals surface area (Å²) in [5.74, 6) is 0. The van der Waals surface area contributed by atoms with Crippen LogP contribution in [0.1, 0.15) is 79.1 Å². The first-order valence-corrected chi connectivity index (χ1v) is 13.0. The topological polar surface area (TPSA) is 153 Å². The molecule has 0 spiro atoms. The number of nitrogens with one attached hydrogen (secondary N) is 2. The Kier molecular flexibility index (Phi) is 10.6. The molecule has 8 heteroatoms. The monoisotopic (exact) mass is 512 g/mol. The van der Waals surface area contributed by atoms with Gasteiger partial charge in [-0.2, -0.15) is 21.0 Å². The molecule has 2 aliphatic carbocycles. The van der Waals surface area contributed by atoms with Crippen molar-refractivity contribution in [3.8, 4) is 24.3 Å². The van der Waals surface area contributed by atoms with Crippen molar-refractivity contribution in [3.05, 3.63) is 44.8 Å². The van der Waals surface area contributed by atoms with Gasteiger partial charge in [0.15, 0.2) is 12.6 Å². The Morgan fingerprint density at radius 3 is 1.29 bits per heavy atom. The first-order valence-electron chi connectivity index (χ1n) is 13.0. The SMILES string of the molecule is CC1(C)CC(NCCCCCCNC2=C(C=O)C(=C(C#N)C#N)CC(C)(C)C2)=C(C=O)C(=C(C#N)C#N)C1. The Bertz CT molecular complexity index is 1120. The molecule has 2 aliphatic rings. The van der Waals surface area contributed by atoms with Crippen LogP contribution in [0.5, 0.6) is 0 Å². The summed E-state index contributed by atoms with van der Waals surface area (Å²) in [6, 6.07) is 7.71. The second kappa shape index (κ2) is 13.4. The fraction of sp³-hybridized carbons (Fsp3) is 0.533. The first kappa shape index (κ1) is 30.1. The van der Waals surface area contributed by atoms with E-state index in [0.29, 0.717) is 61.1 Å². The number of rotatable bonds is 11. The van der Waals surface area contributed by atoms with Crippen LogP contribution in [-0.4, -0.2) is 25.7 Å². The van der Waals surface area contributed by atoms with Gasteiger partial charge < -0.3 is 10.6 Å². The van der Waals surface area contributed by atoms with E-state index in [1.54, 1.807) is 0 Å². The summed E-state index contributed by atoms with van der Waals surface area (Å²) in [5, 5.41) is 44.0. The highest BCUT2D eigenvalue weighted by Gasteiger charge is 2.33. The van der Waals surface area contributed by atoms with E-state index < -0.39 is 0 Å². The summed E-state index contributed by atoms with van der Waals surface area (Å²) in [4.78, 5) is 23.6. The molecule has 2 rings (SSSR count). The van der Waals surface area contributed by atoms with Crippen LogP contribution in [0.3, 0.4) is 0 Å². The maximum absolute atomic E-state index is 11.8. The van der Waals surface area contributed by atoms with Gasteiger partial charge in [-0.25, -0.2) is 0 Å². The molecule has 2 N–H and O–H groups in total. The average Bonchev–Trinajstić information content (AvgIpc) is 2.86. The number of unbranched alkanes of at least 4 members (excludes halogenated alkanes) is 3. The van der Waals surface area contributed by atoms with Crippen molar-refractivity contribution in [3.63, 3.8) is 0 Å². The Balaban J connectivity index is 1.93. The Morgan fingerprint density at radius 2 is 1.00 bits per heavy atom. The Morgan fingerprint density at radius 1 is 0.658 bits per heavy atom. The highest BCUT2D eigenvalue weighted by molar-refractivity contribution is 5.84. The van der Waals surface area contributed by atoms with E-state index in [2.05, 4.69) is 38.3 Å². The lowest BCUT2D eigenvalue weighted by atomic mass is 9.73. The quantitative estimate of drug-likeness (QED) is 0.224. The molecular formula is C30H36N6O2. The maximum Gasteiger partial charge on any atom is 0.152 e. The van der Waals surface area contributed by atoms with Crippen LogP contribution >= 0.6 is 0 Å². The Hall–Kier alpha value is -4.14. The largest absolute Gasteiger partial charge is 0.388 e. The minimum atomic E-state index is -0.159. The van der Waals surface area contributed by atoms with Crippen molar-refractivity contribution in [1.29, 1.82) is 21.0 Å². The van der Waals surface area contributed by atoms with Gasteiger partial charge in [-0.3, -0.25) is 9.59 Å². The molecule has 0 fully saturated rings. The third-order valence-electron chi connectivity index (χ3n) is 6.99. The molecule has 0 atom stereocenters. The fourth-order valence-electron chi connectivity index (χ4n) is 5.23. The average molecular weight is 513 g/mol. The lowest BCUT2D eigenvalue weighted by molar-refractivity contribution is -0.105. The zero-order valence-corrected chi connectivity index (χ0v) is 22.8. The van der Waals surface area contributed by atoms with Crippen LogP contribution < -0.4 is 10.6 Å². The van der Waals surface area contributed by atoms with E-state index >= 15 is 0 Å². The van der Waals surface area contributed by atoms with Gasteiger partial charge in [0.1, 0.15) is 35.4 Å². The predicted octanol–water partition coefficient (Wildman–Crippen LogP) is 4.96. The van der Waals surface area contributed by atoms with Gasteiger partial charge in [0.05, 0.1) is 0 Å².